The molecule has 1 saturated heterocycles. The summed E-state index contributed by atoms with van der Waals surface area (Å²) in [5.74, 6) is 0.0644. The predicted octanol–water partition coefficient (Wildman–Crippen LogP) is 2.92. The van der Waals surface area contributed by atoms with Gasteiger partial charge < -0.3 is 19.7 Å². The molecule has 34 heavy (non-hydrogen) atoms. The van der Waals surface area contributed by atoms with Crippen LogP contribution in [0.2, 0.25) is 5.02 Å². The molecule has 1 fully saturated rings. The smallest absolute Gasteiger partial charge is 0.254 e. The summed E-state index contributed by atoms with van der Waals surface area (Å²) >= 11 is 6.42. The third-order valence-corrected chi connectivity index (χ3v) is 6.73. The number of carbonyl (C=O) groups is 2. The van der Waals surface area contributed by atoms with Crippen molar-refractivity contribution in [1.82, 2.24) is 9.80 Å². The number of rotatable bonds is 6. The van der Waals surface area contributed by atoms with E-state index in [0.717, 1.165) is 5.56 Å². The van der Waals surface area contributed by atoms with E-state index in [1.165, 1.54) is 4.90 Å². The topological polar surface area (TPSA) is 94.9 Å². The van der Waals surface area contributed by atoms with Crippen LogP contribution in [0.1, 0.15) is 23.1 Å². The number of fused-ring (bicyclic) bond motifs is 1. The van der Waals surface area contributed by atoms with E-state index in [9.17, 15) is 9.59 Å². The van der Waals surface area contributed by atoms with Crippen molar-refractivity contribution in [2.24, 2.45) is 0 Å². The molecule has 0 bridgehead atoms. The molecular weight excluding hydrogens is 456 g/mol. The number of likely N-dealkylation sites (N-methyl/N-ethyl adjacent to an activating group) is 1. The minimum absolute atomic E-state index is 0.100. The molecule has 2 aromatic carbocycles. The van der Waals surface area contributed by atoms with Gasteiger partial charge in [-0.2, -0.15) is 5.26 Å². The molecular formula is C25H27ClN4O4. The molecule has 3 atom stereocenters. The summed E-state index contributed by atoms with van der Waals surface area (Å²) in [6.07, 6.45) is -0.0603. The Morgan fingerprint density at radius 1 is 1.29 bits per heavy atom. The van der Waals surface area contributed by atoms with Crippen LogP contribution in [0, 0.1) is 18.3 Å². The molecule has 2 aromatic rings. The van der Waals surface area contributed by atoms with Gasteiger partial charge in [0.05, 0.1) is 25.3 Å². The average Bonchev–Trinajstić information content (AvgIpc) is 3.35. The normalized spacial score (nSPS) is 23.8. The maximum absolute atomic E-state index is 14.0. The standard InChI is InChI=1S/C25H27ClN4O4/c1-15-5-8-22(33-4)19(11-15)25(18-12-16(26)6-7-20(18)28-24(25)32)30-14-17(34-10-9-27)13-21(30)23(31)29(2)3/h5-8,11-12,17,21H,10,13-14H2,1-4H3,(H,28,32)/t17-,21+,25?/m1/s1. The molecule has 9 heteroatoms. The number of amides is 2. The minimum atomic E-state index is -1.39. The molecule has 4 rings (SSSR count). The number of ether oxygens (including phenoxy) is 2. The van der Waals surface area contributed by atoms with Gasteiger partial charge in [0.2, 0.25) is 5.91 Å². The van der Waals surface area contributed by atoms with Gasteiger partial charge in [-0.25, -0.2) is 0 Å². The first-order chi connectivity index (χ1) is 16.2. The van der Waals surface area contributed by atoms with E-state index in [1.807, 2.05) is 36.1 Å². The number of likely N-dealkylation sites (tertiary alicyclic amines) is 1. The highest BCUT2D eigenvalue weighted by Crippen LogP contribution is 2.51. The van der Waals surface area contributed by atoms with Crippen LogP contribution in [0.25, 0.3) is 0 Å². The van der Waals surface area contributed by atoms with Crippen LogP contribution in [0.5, 0.6) is 5.75 Å². The van der Waals surface area contributed by atoms with E-state index in [0.29, 0.717) is 34.0 Å². The van der Waals surface area contributed by atoms with Gasteiger partial charge in [0.15, 0.2) is 5.54 Å². The number of nitrogens with one attached hydrogen (secondary N) is 1. The molecule has 1 N–H and O–H groups in total. The van der Waals surface area contributed by atoms with Gasteiger partial charge in [0, 0.05) is 42.5 Å². The Morgan fingerprint density at radius 2 is 2.06 bits per heavy atom. The molecule has 0 aromatic heterocycles. The Kier molecular flexibility index (Phi) is 6.54. The predicted molar refractivity (Wildman–Crippen MR) is 128 cm³/mol. The van der Waals surface area contributed by atoms with E-state index >= 15 is 0 Å². The molecule has 1 unspecified atom stereocenters. The summed E-state index contributed by atoms with van der Waals surface area (Å²) in [5, 5.41) is 12.5. The van der Waals surface area contributed by atoms with Crippen molar-refractivity contribution in [2.45, 2.75) is 31.0 Å². The van der Waals surface area contributed by atoms with Crippen molar-refractivity contribution < 1.29 is 19.1 Å². The zero-order chi connectivity index (χ0) is 24.6. The highest BCUT2D eigenvalue weighted by molar-refractivity contribution is 6.31. The van der Waals surface area contributed by atoms with Gasteiger partial charge in [-0.1, -0.05) is 23.2 Å². The van der Waals surface area contributed by atoms with Crippen molar-refractivity contribution in [3.63, 3.8) is 0 Å². The van der Waals surface area contributed by atoms with Gasteiger partial charge in [-0.05, 0) is 43.7 Å². The van der Waals surface area contributed by atoms with Crippen molar-refractivity contribution in [3.05, 3.63) is 58.1 Å². The molecule has 0 radical (unpaired) electrons. The number of anilines is 1. The second kappa shape index (κ2) is 9.26. The summed E-state index contributed by atoms with van der Waals surface area (Å²) in [7, 11) is 4.92. The molecule has 8 nitrogen and oxygen atoms in total. The Morgan fingerprint density at radius 3 is 2.74 bits per heavy atom. The summed E-state index contributed by atoms with van der Waals surface area (Å²) in [4.78, 5) is 30.8. The van der Waals surface area contributed by atoms with Crippen molar-refractivity contribution in [1.29, 1.82) is 5.26 Å². The van der Waals surface area contributed by atoms with E-state index in [2.05, 4.69) is 5.32 Å². The average molecular weight is 483 g/mol. The van der Waals surface area contributed by atoms with Gasteiger partial charge >= 0.3 is 0 Å². The number of methoxy groups -OCH3 is 1. The van der Waals surface area contributed by atoms with Crippen molar-refractivity contribution in [3.8, 4) is 11.8 Å². The van der Waals surface area contributed by atoms with Gasteiger partial charge in [-0.15, -0.1) is 0 Å². The molecule has 178 valence electrons. The number of nitriles is 1. The molecule has 0 saturated carbocycles. The molecule has 0 spiro atoms. The number of aryl methyl sites for hydroxylation is 1. The fourth-order valence-corrected chi connectivity index (χ4v) is 5.22. The number of carbonyl (C=O) groups excluding carboxylic acids is 2. The first kappa shape index (κ1) is 24.0. The highest BCUT2D eigenvalue weighted by Gasteiger charge is 2.59. The minimum Gasteiger partial charge on any atom is -0.496 e. The van der Waals surface area contributed by atoms with Crippen LogP contribution in [0.15, 0.2) is 36.4 Å². The number of nitrogens with zero attached hydrogens (tertiary/aromatic N) is 3. The quantitative estimate of drug-likeness (QED) is 0.680. The lowest BCUT2D eigenvalue weighted by Gasteiger charge is -2.41. The Labute approximate surface area is 204 Å². The number of halogens is 1. The summed E-state index contributed by atoms with van der Waals surface area (Å²) in [6.45, 7) is 2.10. The van der Waals surface area contributed by atoms with Crippen LogP contribution in [-0.4, -0.2) is 68.1 Å². The fraction of sp³-hybridized carbons (Fsp3) is 0.400. The second-order valence-corrected chi connectivity index (χ2v) is 9.22. The van der Waals surface area contributed by atoms with Crippen LogP contribution >= 0.6 is 11.6 Å². The largest absolute Gasteiger partial charge is 0.496 e. The summed E-state index contributed by atoms with van der Waals surface area (Å²) in [6, 6.07) is 12.2. The van der Waals surface area contributed by atoms with Gasteiger partial charge in [-0.3, -0.25) is 14.5 Å². The molecule has 2 aliphatic heterocycles. The first-order valence-electron chi connectivity index (χ1n) is 11.0. The second-order valence-electron chi connectivity index (χ2n) is 8.79. The number of hydrogen-bond donors (Lipinski definition) is 1. The third kappa shape index (κ3) is 3.80. The van der Waals surface area contributed by atoms with Crippen LogP contribution < -0.4 is 10.1 Å². The number of benzene rings is 2. The SMILES string of the molecule is COc1ccc(C)cc1C1(N2C[C@H](OCC#N)C[C@H]2C(=O)N(C)C)C(=O)Nc2ccc(Cl)cc21. The van der Waals surface area contributed by atoms with Gasteiger partial charge in [0.1, 0.15) is 12.4 Å². The molecule has 2 amide bonds. The van der Waals surface area contributed by atoms with Gasteiger partial charge in [0.25, 0.3) is 5.91 Å². The third-order valence-electron chi connectivity index (χ3n) is 6.50. The lowest BCUT2D eigenvalue weighted by atomic mass is 9.80. The maximum atomic E-state index is 14.0. The Balaban J connectivity index is 2.01. The van der Waals surface area contributed by atoms with E-state index in [-0.39, 0.29) is 25.0 Å². The molecule has 2 aliphatic rings. The first-order valence-corrected chi connectivity index (χ1v) is 11.3. The highest BCUT2D eigenvalue weighted by atomic mass is 35.5. The Bertz CT molecular complexity index is 1180. The van der Waals surface area contributed by atoms with Crippen molar-refractivity contribution >= 4 is 29.1 Å². The van der Waals surface area contributed by atoms with E-state index in [1.54, 1.807) is 39.4 Å². The van der Waals surface area contributed by atoms with Crippen LogP contribution in [0.3, 0.4) is 0 Å². The lowest BCUT2D eigenvalue weighted by molar-refractivity contribution is -0.138. The summed E-state index contributed by atoms with van der Waals surface area (Å²) in [5.41, 5.74) is 1.43. The zero-order valence-electron chi connectivity index (χ0n) is 19.6. The van der Waals surface area contributed by atoms with Crippen LogP contribution in [0.4, 0.5) is 5.69 Å². The summed E-state index contributed by atoms with van der Waals surface area (Å²) < 4.78 is 11.5. The maximum Gasteiger partial charge on any atom is 0.254 e. The fourth-order valence-electron chi connectivity index (χ4n) is 5.05. The van der Waals surface area contributed by atoms with Crippen LogP contribution in [-0.2, 0) is 19.9 Å². The van der Waals surface area contributed by atoms with E-state index < -0.39 is 17.7 Å². The lowest BCUT2D eigenvalue weighted by Crippen LogP contribution is -2.57. The monoisotopic (exact) mass is 482 g/mol. The van der Waals surface area contributed by atoms with Crippen molar-refractivity contribution in [2.75, 3.05) is 39.7 Å². The van der Waals surface area contributed by atoms with E-state index in [4.69, 9.17) is 26.3 Å². The molecule has 2 heterocycles. The number of hydrogen-bond acceptors (Lipinski definition) is 6. The zero-order valence-corrected chi connectivity index (χ0v) is 20.3. The Hall–Kier alpha value is -3.12. The molecule has 0 aliphatic carbocycles.